The topological polar surface area (TPSA) is 86.8 Å². The number of carbonyl (C=O) groups excluding carboxylic acids is 2. The third-order valence-corrected chi connectivity index (χ3v) is 9.71. The van der Waals surface area contributed by atoms with Crippen LogP contribution in [-0.4, -0.2) is 43.8 Å². The van der Waals surface area contributed by atoms with E-state index in [1.807, 2.05) is 101 Å². The lowest BCUT2D eigenvalue weighted by molar-refractivity contribution is -0.140. The molecule has 0 aliphatic heterocycles. The fourth-order valence-electron chi connectivity index (χ4n) is 5.08. The molecular formula is C37H43N3O4S. The Morgan fingerprint density at radius 2 is 1.36 bits per heavy atom. The van der Waals surface area contributed by atoms with Crippen molar-refractivity contribution in [2.45, 2.75) is 71.0 Å². The Labute approximate surface area is 268 Å². The normalized spacial score (nSPS) is 12.6. The van der Waals surface area contributed by atoms with E-state index in [0.717, 1.165) is 38.5 Å². The number of benzene rings is 4. The largest absolute Gasteiger partial charge is 0.352 e. The molecule has 4 aromatic carbocycles. The predicted octanol–water partition coefficient (Wildman–Crippen LogP) is 6.36. The molecule has 0 heterocycles. The van der Waals surface area contributed by atoms with Gasteiger partial charge in [-0.25, -0.2) is 8.42 Å². The lowest BCUT2D eigenvalue weighted by Crippen LogP contribution is -2.54. The maximum absolute atomic E-state index is 14.5. The Morgan fingerprint density at radius 3 is 1.96 bits per heavy atom. The van der Waals surface area contributed by atoms with Crippen molar-refractivity contribution in [1.82, 2.24) is 10.2 Å². The van der Waals surface area contributed by atoms with Gasteiger partial charge in [-0.2, -0.15) is 0 Å². The van der Waals surface area contributed by atoms with E-state index in [9.17, 15) is 18.0 Å². The number of sulfonamides is 1. The van der Waals surface area contributed by atoms with Crippen molar-refractivity contribution >= 4 is 27.5 Å². The van der Waals surface area contributed by atoms with E-state index in [1.54, 1.807) is 36.4 Å². The molecule has 0 aliphatic rings. The molecule has 2 atom stereocenters. The van der Waals surface area contributed by atoms with Gasteiger partial charge in [0, 0.05) is 19.0 Å². The van der Waals surface area contributed by atoms with Crippen molar-refractivity contribution in [3.63, 3.8) is 0 Å². The first-order valence-corrected chi connectivity index (χ1v) is 16.8. The molecule has 0 saturated carbocycles. The van der Waals surface area contributed by atoms with Crippen molar-refractivity contribution in [3.05, 3.63) is 131 Å². The van der Waals surface area contributed by atoms with Crippen LogP contribution in [0, 0.1) is 20.8 Å². The molecule has 0 aliphatic carbocycles. The molecular weight excluding hydrogens is 582 g/mol. The molecule has 2 unspecified atom stereocenters. The van der Waals surface area contributed by atoms with Gasteiger partial charge in [-0.3, -0.25) is 13.9 Å². The van der Waals surface area contributed by atoms with Crippen LogP contribution in [0.25, 0.3) is 0 Å². The highest BCUT2D eigenvalue weighted by Gasteiger charge is 2.35. The summed E-state index contributed by atoms with van der Waals surface area (Å²) in [7, 11) is -4.13. The number of hydrogen-bond acceptors (Lipinski definition) is 4. The minimum Gasteiger partial charge on any atom is -0.352 e. The van der Waals surface area contributed by atoms with Crippen LogP contribution in [0.4, 0.5) is 5.69 Å². The van der Waals surface area contributed by atoms with Crippen molar-refractivity contribution < 1.29 is 18.0 Å². The van der Waals surface area contributed by atoms with Crippen molar-refractivity contribution in [2.24, 2.45) is 0 Å². The molecule has 0 fully saturated rings. The second-order valence-electron chi connectivity index (χ2n) is 11.7. The third kappa shape index (κ3) is 8.82. The Kier molecular flexibility index (Phi) is 11.2. The van der Waals surface area contributed by atoms with Gasteiger partial charge in [0.1, 0.15) is 12.6 Å². The van der Waals surface area contributed by atoms with Gasteiger partial charge in [-0.1, -0.05) is 102 Å². The van der Waals surface area contributed by atoms with E-state index in [2.05, 4.69) is 5.32 Å². The van der Waals surface area contributed by atoms with Gasteiger partial charge in [0.15, 0.2) is 0 Å². The average molecular weight is 626 g/mol. The molecule has 0 radical (unpaired) electrons. The predicted molar refractivity (Wildman–Crippen MR) is 180 cm³/mol. The monoisotopic (exact) mass is 625 g/mol. The van der Waals surface area contributed by atoms with Crippen molar-refractivity contribution in [1.29, 1.82) is 0 Å². The first-order chi connectivity index (χ1) is 21.5. The summed E-state index contributed by atoms with van der Waals surface area (Å²) in [5.41, 5.74) is 5.02. The molecule has 1 N–H and O–H groups in total. The Bertz CT molecular complexity index is 1690. The number of hydrogen-bond donors (Lipinski definition) is 1. The zero-order valence-electron chi connectivity index (χ0n) is 26.7. The summed E-state index contributed by atoms with van der Waals surface area (Å²) in [6, 6.07) is 30.0. The lowest BCUT2D eigenvalue weighted by Gasteiger charge is -2.34. The molecule has 8 heteroatoms. The first kappa shape index (κ1) is 33.5. The van der Waals surface area contributed by atoms with Crippen LogP contribution >= 0.6 is 0 Å². The maximum atomic E-state index is 14.5. The van der Waals surface area contributed by atoms with Crippen molar-refractivity contribution in [3.8, 4) is 0 Å². The number of rotatable bonds is 13. The van der Waals surface area contributed by atoms with Crippen LogP contribution in [0.5, 0.6) is 0 Å². The number of amides is 2. The maximum Gasteiger partial charge on any atom is 0.264 e. The Morgan fingerprint density at radius 1 is 0.756 bits per heavy atom. The molecule has 0 saturated heterocycles. The van der Waals surface area contributed by atoms with Gasteiger partial charge >= 0.3 is 0 Å². The molecule has 0 bridgehead atoms. The van der Waals surface area contributed by atoms with E-state index in [-0.39, 0.29) is 29.8 Å². The number of aryl methyl sites for hydroxylation is 3. The third-order valence-electron chi connectivity index (χ3n) is 7.92. The SMILES string of the molecule is CCC(C)NC(=O)C(Cc1ccccc1)N(Cc1cccc(C)c1)C(=O)CN(c1ccc(C)cc1)S(=O)(=O)c1ccc(C)cc1. The summed E-state index contributed by atoms with van der Waals surface area (Å²) in [6.45, 7) is 9.35. The summed E-state index contributed by atoms with van der Waals surface area (Å²) < 4.78 is 29.4. The summed E-state index contributed by atoms with van der Waals surface area (Å²) in [6.07, 6.45) is 1.00. The Hall–Kier alpha value is -4.43. The highest BCUT2D eigenvalue weighted by Crippen LogP contribution is 2.26. The molecule has 0 spiro atoms. The van der Waals surface area contributed by atoms with E-state index >= 15 is 0 Å². The second kappa shape index (κ2) is 15.0. The zero-order chi connectivity index (χ0) is 32.6. The quantitative estimate of drug-likeness (QED) is 0.187. The standard InChI is InChI=1S/C37H43N3O4S/c1-6-30(5)38-37(42)35(24-31-12-8-7-9-13-31)39(25-32-14-10-11-29(4)23-32)36(41)26-40(33-19-15-27(2)16-20-33)45(43,44)34-21-17-28(3)18-22-34/h7-23,30,35H,6,24-26H2,1-5H3,(H,38,42). The van der Waals surface area contributed by atoms with Gasteiger partial charge in [-0.15, -0.1) is 0 Å². The van der Waals surface area contributed by atoms with Crippen LogP contribution in [0.3, 0.4) is 0 Å². The van der Waals surface area contributed by atoms with E-state index < -0.39 is 28.5 Å². The average Bonchev–Trinajstić information content (AvgIpc) is 3.02. The molecule has 236 valence electrons. The fraction of sp³-hybridized carbons (Fsp3) is 0.297. The minimum absolute atomic E-state index is 0.0852. The molecule has 0 aromatic heterocycles. The van der Waals surface area contributed by atoms with Gasteiger partial charge in [0.25, 0.3) is 10.0 Å². The van der Waals surface area contributed by atoms with E-state index in [0.29, 0.717) is 5.69 Å². The second-order valence-corrected chi connectivity index (χ2v) is 13.6. The zero-order valence-corrected chi connectivity index (χ0v) is 27.6. The molecule has 7 nitrogen and oxygen atoms in total. The fourth-order valence-corrected chi connectivity index (χ4v) is 6.49. The summed E-state index contributed by atoms with van der Waals surface area (Å²) >= 11 is 0. The molecule has 45 heavy (non-hydrogen) atoms. The van der Waals surface area contributed by atoms with Crippen LogP contribution in [0.2, 0.25) is 0 Å². The summed E-state index contributed by atoms with van der Waals surface area (Å²) in [5, 5.41) is 3.07. The highest BCUT2D eigenvalue weighted by atomic mass is 32.2. The molecule has 4 aromatic rings. The number of carbonyl (C=O) groups is 2. The first-order valence-electron chi connectivity index (χ1n) is 15.3. The van der Waals surface area contributed by atoms with Crippen LogP contribution in [0.1, 0.15) is 48.1 Å². The summed E-state index contributed by atoms with van der Waals surface area (Å²) in [4.78, 5) is 30.1. The van der Waals surface area contributed by atoms with Crippen LogP contribution in [0.15, 0.2) is 108 Å². The number of nitrogens with zero attached hydrogens (tertiary/aromatic N) is 2. The Balaban J connectivity index is 1.80. The van der Waals surface area contributed by atoms with Gasteiger partial charge < -0.3 is 10.2 Å². The lowest BCUT2D eigenvalue weighted by atomic mass is 10.0. The molecule has 4 rings (SSSR count). The highest BCUT2D eigenvalue weighted by molar-refractivity contribution is 7.92. The van der Waals surface area contributed by atoms with Gasteiger partial charge in [-0.05, 0) is 69.5 Å². The van der Waals surface area contributed by atoms with E-state index in [4.69, 9.17) is 0 Å². The van der Waals surface area contributed by atoms with Gasteiger partial charge in [0.05, 0.1) is 10.6 Å². The number of nitrogens with one attached hydrogen (secondary N) is 1. The minimum atomic E-state index is -4.13. The van der Waals surface area contributed by atoms with Crippen molar-refractivity contribution in [2.75, 3.05) is 10.8 Å². The van der Waals surface area contributed by atoms with Gasteiger partial charge in [0.2, 0.25) is 11.8 Å². The number of anilines is 1. The smallest absolute Gasteiger partial charge is 0.264 e. The summed E-state index contributed by atoms with van der Waals surface area (Å²) in [5.74, 6) is -0.759. The van der Waals surface area contributed by atoms with E-state index in [1.165, 1.54) is 4.90 Å². The molecule has 2 amide bonds. The van der Waals surface area contributed by atoms with Crippen LogP contribution in [-0.2, 0) is 32.6 Å². The van der Waals surface area contributed by atoms with Crippen LogP contribution < -0.4 is 9.62 Å².